The van der Waals surface area contributed by atoms with E-state index < -0.39 is 0 Å². The number of hydrogen-bond donors (Lipinski definition) is 2. The monoisotopic (exact) mass is 231 g/mol. The van der Waals surface area contributed by atoms with E-state index in [1.165, 1.54) is 4.90 Å². The Morgan fingerprint density at radius 2 is 2.18 bits per heavy atom. The molecule has 90 valence electrons. The zero-order valence-electron chi connectivity index (χ0n) is 10.4. The minimum absolute atomic E-state index is 0.176. The number of carbonyl (C=O) groups is 1. The Kier molecular flexibility index (Phi) is 4.56. The van der Waals surface area contributed by atoms with Crippen LogP contribution < -0.4 is 11.1 Å². The van der Waals surface area contributed by atoms with Gasteiger partial charge < -0.3 is 16.0 Å². The van der Waals surface area contributed by atoms with Gasteiger partial charge in [-0.05, 0) is 24.6 Å². The van der Waals surface area contributed by atoms with Crippen molar-refractivity contribution in [1.29, 1.82) is 0 Å². The largest absolute Gasteiger partial charge is 0.331 e. The van der Waals surface area contributed by atoms with Gasteiger partial charge in [0.15, 0.2) is 0 Å². The highest BCUT2D eigenvalue weighted by Crippen LogP contribution is 2.16. The van der Waals surface area contributed by atoms with Crippen LogP contribution >= 0.6 is 0 Å². The molecule has 1 aromatic carbocycles. The van der Waals surface area contributed by atoms with E-state index in [1.807, 2.05) is 25.1 Å². The summed E-state index contributed by atoms with van der Waals surface area (Å²) in [4.78, 5) is 13.0. The fourth-order valence-corrected chi connectivity index (χ4v) is 1.24. The molecule has 1 rings (SSSR count). The number of hydrogen-bond acceptors (Lipinski definition) is 2. The van der Waals surface area contributed by atoms with Gasteiger partial charge in [0.2, 0.25) is 0 Å². The molecule has 0 atom stereocenters. The number of rotatable bonds is 1. The molecule has 0 aromatic heterocycles. The second-order valence-corrected chi connectivity index (χ2v) is 3.88. The summed E-state index contributed by atoms with van der Waals surface area (Å²) in [5.41, 5.74) is 7.92. The van der Waals surface area contributed by atoms with Crippen molar-refractivity contribution in [2.45, 2.75) is 6.92 Å². The molecule has 17 heavy (non-hydrogen) atoms. The number of urea groups is 1. The van der Waals surface area contributed by atoms with E-state index >= 15 is 0 Å². The third-order valence-electron chi connectivity index (χ3n) is 2.15. The second kappa shape index (κ2) is 5.92. The number of anilines is 1. The molecule has 4 heteroatoms. The molecule has 0 spiro atoms. The van der Waals surface area contributed by atoms with Crippen LogP contribution in [0.3, 0.4) is 0 Å². The first kappa shape index (κ1) is 13.1. The molecule has 0 bridgehead atoms. The molecule has 4 nitrogen and oxygen atoms in total. The predicted molar refractivity (Wildman–Crippen MR) is 69.8 cm³/mol. The van der Waals surface area contributed by atoms with Gasteiger partial charge in [0.25, 0.3) is 0 Å². The molecule has 0 saturated heterocycles. The van der Waals surface area contributed by atoms with Crippen molar-refractivity contribution >= 4 is 11.7 Å². The van der Waals surface area contributed by atoms with Crippen LogP contribution in [-0.2, 0) is 0 Å². The maximum Gasteiger partial charge on any atom is 0.321 e. The smallest absolute Gasteiger partial charge is 0.321 e. The maximum absolute atomic E-state index is 11.6. The Morgan fingerprint density at radius 3 is 2.76 bits per heavy atom. The van der Waals surface area contributed by atoms with Crippen molar-refractivity contribution in [3.05, 3.63) is 29.3 Å². The van der Waals surface area contributed by atoms with E-state index in [2.05, 4.69) is 17.2 Å². The maximum atomic E-state index is 11.6. The highest BCUT2D eigenvalue weighted by atomic mass is 16.2. The third kappa shape index (κ3) is 3.82. The van der Waals surface area contributed by atoms with Crippen LogP contribution in [0.4, 0.5) is 10.5 Å². The van der Waals surface area contributed by atoms with Crippen LogP contribution in [0.1, 0.15) is 11.1 Å². The number of nitrogens with zero attached hydrogens (tertiary/aromatic N) is 1. The van der Waals surface area contributed by atoms with E-state index in [-0.39, 0.29) is 6.03 Å². The average molecular weight is 231 g/mol. The number of amides is 2. The summed E-state index contributed by atoms with van der Waals surface area (Å²) >= 11 is 0. The topological polar surface area (TPSA) is 58.4 Å². The number of carbonyl (C=O) groups excluding carboxylic acids is 1. The lowest BCUT2D eigenvalue weighted by Gasteiger charge is -2.13. The Labute approximate surface area is 102 Å². The van der Waals surface area contributed by atoms with Crippen LogP contribution in [0.25, 0.3) is 0 Å². The second-order valence-electron chi connectivity index (χ2n) is 3.88. The fourth-order valence-electron chi connectivity index (χ4n) is 1.24. The Hall–Kier alpha value is -1.99. The molecule has 0 fully saturated rings. The fraction of sp³-hybridized carbons (Fsp3) is 0.308. The third-order valence-corrected chi connectivity index (χ3v) is 2.15. The normalized spacial score (nSPS) is 9.18. The van der Waals surface area contributed by atoms with Gasteiger partial charge in [0.1, 0.15) is 0 Å². The summed E-state index contributed by atoms with van der Waals surface area (Å²) in [5.74, 6) is 5.74. The highest BCUT2D eigenvalue weighted by molar-refractivity contribution is 5.90. The summed E-state index contributed by atoms with van der Waals surface area (Å²) in [6.07, 6.45) is 0. The molecule has 3 N–H and O–H groups in total. The van der Waals surface area contributed by atoms with Crippen LogP contribution in [0, 0.1) is 18.8 Å². The quantitative estimate of drug-likeness (QED) is 0.718. The van der Waals surface area contributed by atoms with Gasteiger partial charge in [0, 0.05) is 19.7 Å². The first-order valence-corrected chi connectivity index (χ1v) is 5.32. The van der Waals surface area contributed by atoms with E-state index in [0.717, 1.165) is 11.1 Å². The van der Waals surface area contributed by atoms with Crippen molar-refractivity contribution in [3.63, 3.8) is 0 Å². The Bertz CT molecular complexity index is 469. The number of benzene rings is 1. The van der Waals surface area contributed by atoms with Crippen molar-refractivity contribution in [1.82, 2.24) is 4.90 Å². The van der Waals surface area contributed by atoms with Crippen molar-refractivity contribution in [2.75, 3.05) is 26.0 Å². The van der Waals surface area contributed by atoms with Crippen LogP contribution in [-0.4, -0.2) is 31.6 Å². The van der Waals surface area contributed by atoms with Crippen molar-refractivity contribution in [3.8, 4) is 11.8 Å². The van der Waals surface area contributed by atoms with E-state index in [1.54, 1.807) is 14.1 Å². The van der Waals surface area contributed by atoms with Gasteiger partial charge in [-0.3, -0.25) is 0 Å². The zero-order chi connectivity index (χ0) is 12.8. The van der Waals surface area contributed by atoms with Crippen molar-refractivity contribution < 1.29 is 4.79 Å². The first-order valence-electron chi connectivity index (χ1n) is 5.32. The van der Waals surface area contributed by atoms with Crippen LogP contribution in [0.15, 0.2) is 18.2 Å². The molecular formula is C13H17N3O. The summed E-state index contributed by atoms with van der Waals surface area (Å²) in [6, 6.07) is 5.52. The van der Waals surface area contributed by atoms with E-state index in [0.29, 0.717) is 12.2 Å². The Balaban J connectivity index is 3.02. The van der Waals surface area contributed by atoms with Gasteiger partial charge in [-0.2, -0.15) is 0 Å². The molecule has 2 amide bonds. The summed E-state index contributed by atoms with van der Waals surface area (Å²) in [5, 5.41) is 2.79. The lowest BCUT2D eigenvalue weighted by molar-refractivity contribution is 0.230. The average Bonchev–Trinajstić information content (AvgIpc) is 2.29. The summed E-state index contributed by atoms with van der Waals surface area (Å²) < 4.78 is 0. The zero-order valence-corrected chi connectivity index (χ0v) is 10.4. The van der Waals surface area contributed by atoms with Gasteiger partial charge in [0.05, 0.1) is 12.2 Å². The molecule has 0 heterocycles. The molecule has 0 saturated carbocycles. The molecule has 0 aliphatic rings. The standard InChI is InChI=1S/C13H17N3O/c1-10-6-7-12(15-13(17)16(2)3)11(9-10)5-4-8-14/h6-7,9H,8,14H2,1-3H3,(H,15,17). The lowest BCUT2D eigenvalue weighted by atomic mass is 10.1. The number of nitrogens with two attached hydrogens (primary N) is 1. The molecular weight excluding hydrogens is 214 g/mol. The molecule has 0 aliphatic heterocycles. The van der Waals surface area contributed by atoms with Crippen LogP contribution in [0.2, 0.25) is 0 Å². The van der Waals surface area contributed by atoms with Gasteiger partial charge >= 0.3 is 6.03 Å². The minimum Gasteiger partial charge on any atom is -0.331 e. The van der Waals surface area contributed by atoms with Crippen molar-refractivity contribution in [2.24, 2.45) is 5.73 Å². The lowest BCUT2D eigenvalue weighted by Crippen LogP contribution is -2.27. The van der Waals surface area contributed by atoms with Gasteiger partial charge in [-0.25, -0.2) is 4.79 Å². The summed E-state index contributed by atoms with van der Waals surface area (Å²) in [6.45, 7) is 2.28. The van der Waals surface area contributed by atoms with Gasteiger partial charge in [-0.1, -0.05) is 17.9 Å². The Morgan fingerprint density at radius 1 is 1.47 bits per heavy atom. The summed E-state index contributed by atoms with van der Waals surface area (Å²) in [7, 11) is 3.38. The van der Waals surface area contributed by atoms with Crippen LogP contribution in [0.5, 0.6) is 0 Å². The number of aryl methyl sites for hydroxylation is 1. The predicted octanol–water partition coefficient (Wildman–Crippen LogP) is 1.40. The molecule has 1 aromatic rings. The molecule has 0 aliphatic carbocycles. The molecule has 0 unspecified atom stereocenters. The number of nitrogens with one attached hydrogen (secondary N) is 1. The van der Waals surface area contributed by atoms with Gasteiger partial charge in [-0.15, -0.1) is 0 Å². The molecule has 0 radical (unpaired) electrons. The van der Waals surface area contributed by atoms with E-state index in [9.17, 15) is 4.79 Å². The highest BCUT2D eigenvalue weighted by Gasteiger charge is 2.06. The van der Waals surface area contributed by atoms with E-state index in [4.69, 9.17) is 5.73 Å². The minimum atomic E-state index is -0.176. The SMILES string of the molecule is Cc1ccc(NC(=O)N(C)C)c(C#CCN)c1. The first-order chi connectivity index (χ1) is 8.04.